The van der Waals surface area contributed by atoms with Gasteiger partial charge in [-0.25, -0.2) is 4.79 Å². The van der Waals surface area contributed by atoms with Gasteiger partial charge in [0, 0.05) is 5.57 Å². The molecule has 3 rings (SSSR count). The number of carbonyl (C=O) groups is 1. The summed E-state index contributed by atoms with van der Waals surface area (Å²) in [6.45, 7) is 0. The summed E-state index contributed by atoms with van der Waals surface area (Å²) in [6.07, 6.45) is 3.70. The molecule has 0 aliphatic heterocycles. The summed E-state index contributed by atoms with van der Waals surface area (Å²) < 4.78 is 10.3. The van der Waals surface area contributed by atoms with Gasteiger partial charge in [-0.05, 0) is 41.5 Å². The number of furan rings is 1. The smallest absolute Gasteiger partial charge is 0.337 e. The Bertz CT molecular complexity index is 798. The monoisotopic (exact) mass is 304 g/mol. The number of carbonyl (C=O) groups excluding carboxylic acids is 1. The van der Waals surface area contributed by atoms with Crippen molar-refractivity contribution in [2.75, 3.05) is 7.11 Å². The van der Waals surface area contributed by atoms with Crippen LogP contribution < -0.4 is 0 Å². The normalized spacial score (nSPS) is 11.3. The van der Waals surface area contributed by atoms with Gasteiger partial charge in [0.15, 0.2) is 0 Å². The van der Waals surface area contributed by atoms with Crippen LogP contribution >= 0.6 is 0 Å². The van der Waals surface area contributed by atoms with Crippen LogP contribution in [0.1, 0.15) is 27.2 Å². The van der Waals surface area contributed by atoms with Crippen molar-refractivity contribution >= 4 is 17.6 Å². The summed E-state index contributed by atoms with van der Waals surface area (Å²) in [7, 11) is 1.38. The number of hydrogen-bond donors (Lipinski definition) is 0. The minimum absolute atomic E-state index is 0.338. The highest BCUT2D eigenvalue weighted by atomic mass is 16.5. The van der Waals surface area contributed by atoms with Gasteiger partial charge in [-0.2, -0.15) is 0 Å². The van der Waals surface area contributed by atoms with Gasteiger partial charge in [0.2, 0.25) is 0 Å². The maximum Gasteiger partial charge on any atom is 0.337 e. The number of benzene rings is 2. The molecular formula is C20H16O3. The van der Waals surface area contributed by atoms with Crippen molar-refractivity contribution in [3.63, 3.8) is 0 Å². The van der Waals surface area contributed by atoms with E-state index in [2.05, 4.69) is 0 Å². The molecule has 3 nitrogen and oxygen atoms in total. The summed E-state index contributed by atoms with van der Waals surface area (Å²) in [6, 6.07) is 21.1. The Morgan fingerprint density at radius 3 is 2.26 bits per heavy atom. The predicted octanol–water partition coefficient (Wildman–Crippen LogP) is 4.66. The number of esters is 1. The van der Waals surface area contributed by atoms with E-state index in [1.165, 1.54) is 7.11 Å². The van der Waals surface area contributed by atoms with Crippen molar-refractivity contribution in [3.8, 4) is 0 Å². The van der Waals surface area contributed by atoms with Crippen molar-refractivity contribution in [1.82, 2.24) is 0 Å². The maximum absolute atomic E-state index is 11.5. The third-order valence-electron chi connectivity index (χ3n) is 3.51. The number of rotatable bonds is 4. The molecule has 1 aromatic heterocycles. The first-order valence-corrected chi connectivity index (χ1v) is 7.27. The van der Waals surface area contributed by atoms with Gasteiger partial charge in [0.25, 0.3) is 0 Å². The molecule has 3 aromatic rings. The minimum Gasteiger partial charge on any atom is -0.465 e. The Kier molecular flexibility index (Phi) is 4.39. The van der Waals surface area contributed by atoms with Gasteiger partial charge in [0.05, 0.1) is 18.9 Å². The van der Waals surface area contributed by atoms with Crippen molar-refractivity contribution in [2.24, 2.45) is 0 Å². The average Bonchev–Trinajstić information content (AvgIpc) is 3.14. The second kappa shape index (κ2) is 6.79. The third-order valence-corrected chi connectivity index (χ3v) is 3.51. The lowest BCUT2D eigenvalue weighted by Crippen LogP contribution is -2.00. The van der Waals surface area contributed by atoms with Crippen molar-refractivity contribution in [3.05, 3.63) is 95.4 Å². The molecule has 0 aliphatic rings. The predicted molar refractivity (Wildman–Crippen MR) is 89.9 cm³/mol. The highest BCUT2D eigenvalue weighted by Gasteiger charge is 2.09. The zero-order valence-electron chi connectivity index (χ0n) is 12.7. The van der Waals surface area contributed by atoms with Gasteiger partial charge in [-0.1, -0.05) is 42.5 Å². The quantitative estimate of drug-likeness (QED) is 0.520. The zero-order valence-corrected chi connectivity index (χ0v) is 12.7. The molecule has 0 aliphatic carbocycles. The summed E-state index contributed by atoms with van der Waals surface area (Å²) in [5.74, 6) is 0.461. The first kappa shape index (κ1) is 14.9. The second-order valence-corrected chi connectivity index (χ2v) is 5.01. The van der Waals surface area contributed by atoms with E-state index in [-0.39, 0.29) is 5.97 Å². The lowest BCUT2D eigenvalue weighted by atomic mass is 10.00. The van der Waals surface area contributed by atoms with Crippen LogP contribution in [-0.4, -0.2) is 13.1 Å². The second-order valence-electron chi connectivity index (χ2n) is 5.01. The summed E-state index contributed by atoms with van der Waals surface area (Å²) in [4.78, 5) is 11.5. The molecule has 0 bridgehead atoms. The molecule has 1 heterocycles. The Morgan fingerprint density at radius 2 is 1.65 bits per heavy atom. The minimum atomic E-state index is -0.338. The van der Waals surface area contributed by atoms with Gasteiger partial charge < -0.3 is 9.15 Å². The van der Waals surface area contributed by atoms with Crippen LogP contribution in [0.3, 0.4) is 0 Å². The van der Waals surface area contributed by atoms with E-state index in [4.69, 9.17) is 9.15 Å². The van der Waals surface area contributed by atoms with Crippen LogP contribution in [-0.2, 0) is 4.74 Å². The summed E-state index contributed by atoms with van der Waals surface area (Å²) >= 11 is 0. The van der Waals surface area contributed by atoms with E-state index in [0.29, 0.717) is 5.56 Å². The van der Waals surface area contributed by atoms with Crippen LogP contribution in [0.5, 0.6) is 0 Å². The number of ether oxygens (including phenoxy) is 1. The van der Waals surface area contributed by atoms with E-state index >= 15 is 0 Å². The largest absolute Gasteiger partial charge is 0.465 e. The van der Waals surface area contributed by atoms with E-state index in [0.717, 1.165) is 22.5 Å². The lowest BCUT2D eigenvalue weighted by Gasteiger charge is -2.06. The average molecular weight is 304 g/mol. The fourth-order valence-electron chi connectivity index (χ4n) is 2.35. The molecule has 0 saturated heterocycles. The van der Waals surface area contributed by atoms with E-state index < -0.39 is 0 Å². The Labute approximate surface area is 134 Å². The molecule has 3 heteroatoms. The van der Waals surface area contributed by atoms with Gasteiger partial charge in [-0.3, -0.25) is 0 Å². The SMILES string of the molecule is COC(=O)c1ccc(/C=C(/c2ccccc2)c2ccco2)cc1. The third kappa shape index (κ3) is 3.40. The highest BCUT2D eigenvalue weighted by molar-refractivity contribution is 5.92. The first-order chi connectivity index (χ1) is 11.3. The fourth-order valence-corrected chi connectivity index (χ4v) is 2.35. The van der Waals surface area contributed by atoms with Crippen LogP contribution in [0.25, 0.3) is 11.6 Å². The molecular weight excluding hydrogens is 288 g/mol. The molecule has 0 N–H and O–H groups in total. The molecule has 2 aromatic carbocycles. The molecule has 23 heavy (non-hydrogen) atoms. The molecule has 0 spiro atoms. The zero-order chi connectivity index (χ0) is 16.1. The van der Waals surface area contributed by atoms with Crippen LogP contribution in [0.2, 0.25) is 0 Å². The standard InChI is InChI=1S/C20H16O3/c1-22-20(21)17-11-9-15(10-12-17)14-18(19-8-5-13-23-19)16-6-3-2-4-7-16/h2-14H,1H3/b18-14-. The van der Waals surface area contributed by atoms with Gasteiger partial charge >= 0.3 is 5.97 Å². The molecule has 0 fully saturated rings. The lowest BCUT2D eigenvalue weighted by molar-refractivity contribution is 0.0600. The molecule has 0 radical (unpaired) electrons. The van der Waals surface area contributed by atoms with Gasteiger partial charge in [0.1, 0.15) is 5.76 Å². The molecule has 114 valence electrons. The molecule has 0 atom stereocenters. The summed E-state index contributed by atoms with van der Waals surface area (Å²) in [5.41, 5.74) is 3.57. The maximum atomic E-state index is 11.5. The Balaban J connectivity index is 2.00. The van der Waals surface area contributed by atoms with Crippen molar-refractivity contribution in [1.29, 1.82) is 0 Å². The Morgan fingerprint density at radius 1 is 0.913 bits per heavy atom. The topological polar surface area (TPSA) is 39.4 Å². The van der Waals surface area contributed by atoms with Crippen molar-refractivity contribution in [2.45, 2.75) is 0 Å². The first-order valence-electron chi connectivity index (χ1n) is 7.27. The highest BCUT2D eigenvalue weighted by Crippen LogP contribution is 2.26. The van der Waals surface area contributed by atoms with E-state index in [1.807, 2.05) is 60.7 Å². The Hall–Kier alpha value is -3.07. The number of methoxy groups -OCH3 is 1. The number of hydrogen-bond acceptors (Lipinski definition) is 3. The van der Waals surface area contributed by atoms with Crippen LogP contribution in [0, 0.1) is 0 Å². The van der Waals surface area contributed by atoms with Crippen LogP contribution in [0.15, 0.2) is 77.4 Å². The molecule has 0 unspecified atom stereocenters. The summed E-state index contributed by atoms with van der Waals surface area (Å²) in [5, 5.41) is 0. The van der Waals surface area contributed by atoms with Gasteiger partial charge in [-0.15, -0.1) is 0 Å². The van der Waals surface area contributed by atoms with Crippen molar-refractivity contribution < 1.29 is 13.9 Å². The van der Waals surface area contributed by atoms with E-state index in [1.54, 1.807) is 18.4 Å². The molecule has 0 amide bonds. The fraction of sp³-hybridized carbons (Fsp3) is 0.0500. The molecule has 0 saturated carbocycles. The van der Waals surface area contributed by atoms with E-state index in [9.17, 15) is 4.79 Å². The van der Waals surface area contributed by atoms with Crippen LogP contribution in [0.4, 0.5) is 0 Å².